The monoisotopic (exact) mass is 273 g/mol. The molecule has 0 fully saturated rings. The van der Waals surface area contributed by atoms with Gasteiger partial charge in [0, 0.05) is 17.7 Å². The standard InChI is InChI=1S/C9H5Cl2N3O3/c10-4-8-12-9(13-17-8)6-3-5(14(15)16)1-2-7(6)11/h1-3H,4H2. The van der Waals surface area contributed by atoms with Crippen LogP contribution < -0.4 is 0 Å². The summed E-state index contributed by atoms with van der Waals surface area (Å²) in [6, 6.07) is 3.99. The second-order valence-electron chi connectivity index (χ2n) is 3.07. The van der Waals surface area contributed by atoms with E-state index in [2.05, 4.69) is 10.1 Å². The van der Waals surface area contributed by atoms with Crippen molar-refractivity contribution in [3.8, 4) is 11.4 Å². The number of rotatable bonds is 3. The van der Waals surface area contributed by atoms with Gasteiger partial charge in [0.05, 0.1) is 9.95 Å². The first-order chi connectivity index (χ1) is 8.11. The molecule has 0 radical (unpaired) electrons. The van der Waals surface area contributed by atoms with E-state index in [1.165, 1.54) is 18.2 Å². The number of nitro benzene ring substituents is 1. The van der Waals surface area contributed by atoms with Gasteiger partial charge in [-0.15, -0.1) is 11.6 Å². The Morgan fingerprint density at radius 2 is 2.24 bits per heavy atom. The van der Waals surface area contributed by atoms with Crippen LogP contribution in [0, 0.1) is 10.1 Å². The quantitative estimate of drug-likeness (QED) is 0.488. The van der Waals surface area contributed by atoms with Crippen LogP contribution in [0.5, 0.6) is 0 Å². The summed E-state index contributed by atoms with van der Waals surface area (Å²) in [5.41, 5.74) is 0.239. The van der Waals surface area contributed by atoms with Crippen molar-refractivity contribution in [2.45, 2.75) is 5.88 Å². The summed E-state index contributed by atoms with van der Waals surface area (Å²) in [5, 5.41) is 14.6. The molecule has 0 unspecified atom stereocenters. The van der Waals surface area contributed by atoms with Crippen molar-refractivity contribution in [3.05, 3.63) is 39.2 Å². The van der Waals surface area contributed by atoms with Gasteiger partial charge in [0.15, 0.2) is 0 Å². The fourth-order valence-electron chi connectivity index (χ4n) is 1.22. The van der Waals surface area contributed by atoms with Crippen LogP contribution in [-0.4, -0.2) is 15.1 Å². The molecule has 88 valence electrons. The van der Waals surface area contributed by atoms with Crippen LogP contribution in [0.4, 0.5) is 5.69 Å². The van der Waals surface area contributed by atoms with Gasteiger partial charge in [-0.2, -0.15) is 4.98 Å². The molecule has 0 bridgehead atoms. The van der Waals surface area contributed by atoms with E-state index in [4.69, 9.17) is 27.7 Å². The molecule has 1 aromatic heterocycles. The van der Waals surface area contributed by atoms with E-state index in [-0.39, 0.29) is 23.3 Å². The van der Waals surface area contributed by atoms with Crippen LogP contribution in [0.15, 0.2) is 22.7 Å². The van der Waals surface area contributed by atoms with Crippen LogP contribution in [0.1, 0.15) is 5.89 Å². The number of non-ortho nitro benzene ring substituents is 1. The van der Waals surface area contributed by atoms with Gasteiger partial charge in [-0.1, -0.05) is 16.8 Å². The molecule has 0 N–H and O–H groups in total. The van der Waals surface area contributed by atoms with Crippen molar-refractivity contribution in [3.63, 3.8) is 0 Å². The molecule has 17 heavy (non-hydrogen) atoms. The highest BCUT2D eigenvalue weighted by Gasteiger charge is 2.15. The van der Waals surface area contributed by atoms with E-state index in [9.17, 15) is 10.1 Å². The van der Waals surface area contributed by atoms with Gasteiger partial charge in [-0.25, -0.2) is 0 Å². The normalized spacial score (nSPS) is 10.5. The number of nitrogens with zero attached hydrogens (tertiary/aromatic N) is 3. The van der Waals surface area contributed by atoms with Gasteiger partial charge in [-0.05, 0) is 6.07 Å². The first kappa shape index (κ1) is 11.8. The minimum atomic E-state index is -0.525. The lowest BCUT2D eigenvalue weighted by atomic mass is 10.2. The molecule has 0 amide bonds. The van der Waals surface area contributed by atoms with Gasteiger partial charge in [0.2, 0.25) is 11.7 Å². The Hall–Kier alpha value is -1.66. The van der Waals surface area contributed by atoms with Crippen LogP contribution in [0.25, 0.3) is 11.4 Å². The number of halogens is 2. The Kier molecular flexibility index (Phi) is 3.26. The lowest BCUT2D eigenvalue weighted by molar-refractivity contribution is -0.384. The molecular weight excluding hydrogens is 269 g/mol. The molecule has 2 rings (SSSR count). The topological polar surface area (TPSA) is 82.1 Å². The number of benzene rings is 1. The lowest BCUT2D eigenvalue weighted by Crippen LogP contribution is -1.90. The Bertz CT molecular complexity index is 570. The molecule has 6 nitrogen and oxygen atoms in total. The van der Waals surface area contributed by atoms with Crippen LogP contribution in [0.3, 0.4) is 0 Å². The minimum absolute atomic E-state index is 0.0690. The summed E-state index contributed by atoms with van der Waals surface area (Å²) < 4.78 is 4.80. The van der Waals surface area contributed by atoms with E-state index in [1.54, 1.807) is 0 Å². The molecular formula is C9H5Cl2N3O3. The smallest absolute Gasteiger partial charge is 0.270 e. The van der Waals surface area contributed by atoms with E-state index < -0.39 is 4.92 Å². The van der Waals surface area contributed by atoms with Crippen molar-refractivity contribution in [1.29, 1.82) is 0 Å². The summed E-state index contributed by atoms with van der Waals surface area (Å²) in [4.78, 5) is 14.1. The molecule has 1 heterocycles. The fourth-order valence-corrected chi connectivity index (χ4v) is 1.53. The lowest BCUT2D eigenvalue weighted by Gasteiger charge is -1.98. The number of alkyl halides is 1. The van der Waals surface area contributed by atoms with Gasteiger partial charge < -0.3 is 4.52 Å². The highest BCUT2D eigenvalue weighted by molar-refractivity contribution is 6.33. The predicted molar refractivity (Wildman–Crippen MR) is 61.0 cm³/mol. The van der Waals surface area contributed by atoms with Crippen LogP contribution >= 0.6 is 23.2 Å². The predicted octanol–water partition coefficient (Wildman–Crippen LogP) is 3.04. The summed E-state index contributed by atoms with van der Waals surface area (Å²) in [5.74, 6) is 0.470. The van der Waals surface area contributed by atoms with Gasteiger partial charge in [0.25, 0.3) is 5.69 Å². The summed E-state index contributed by atoms with van der Waals surface area (Å²) in [6.45, 7) is 0. The highest BCUT2D eigenvalue weighted by atomic mass is 35.5. The van der Waals surface area contributed by atoms with Gasteiger partial charge >= 0.3 is 0 Å². The highest BCUT2D eigenvalue weighted by Crippen LogP contribution is 2.29. The Morgan fingerprint density at radius 3 is 2.82 bits per heavy atom. The second-order valence-corrected chi connectivity index (χ2v) is 3.74. The van der Waals surface area contributed by atoms with Gasteiger partial charge in [-0.3, -0.25) is 10.1 Å². The molecule has 1 aromatic carbocycles. The molecule has 0 saturated heterocycles. The zero-order valence-corrected chi connectivity index (χ0v) is 9.77. The van der Waals surface area contributed by atoms with Crippen molar-refractivity contribution in [2.75, 3.05) is 0 Å². The Morgan fingerprint density at radius 1 is 1.47 bits per heavy atom. The molecule has 0 atom stereocenters. The summed E-state index contributed by atoms with van der Waals surface area (Å²) in [7, 11) is 0. The molecule has 0 aliphatic heterocycles. The van der Waals surface area contributed by atoms with Crippen molar-refractivity contribution >= 4 is 28.9 Å². The first-order valence-electron chi connectivity index (χ1n) is 4.44. The zero-order valence-electron chi connectivity index (χ0n) is 8.26. The minimum Gasteiger partial charge on any atom is -0.338 e. The van der Waals surface area contributed by atoms with Crippen molar-refractivity contribution in [1.82, 2.24) is 10.1 Å². The molecule has 0 saturated carbocycles. The summed E-state index contributed by atoms with van der Waals surface area (Å²) in [6.07, 6.45) is 0. The number of hydrogen-bond donors (Lipinski definition) is 0. The summed E-state index contributed by atoms with van der Waals surface area (Å²) >= 11 is 11.4. The van der Waals surface area contributed by atoms with Gasteiger partial charge in [0.1, 0.15) is 5.88 Å². The Labute approximate surface area is 105 Å². The zero-order chi connectivity index (χ0) is 12.4. The number of nitro groups is 1. The first-order valence-corrected chi connectivity index (χ1v) is 5.36. The maximum Gasteiger partial charge on any atom is 0.270 e. The van der Waals surface area contributed by atoms with Crippen molar-refractivity contribution in [2.24, 2.45) is 0 Å². The number of hydrogen-bond acceptors (Lipinski definition) is 5. The average molecular weight is 274 g/mol. The fraction of sp³-hybridized carbons (Fsp3) is 0.111. The molecule has 2 aromatic rings. The maximum atomic E-state index is 10.6. The molecule has 0 spiro atoms. The van der Waals surface area contributed by atoms with Crippen LogP contribution in [0.2, 0.25) is 5.02 Å². The molecule has 0 aliphatic rings. The maximum absolute atomic E-state index is 10.6. The van der Waals surface area contributed by atoms with Crippen molar-refractivity contribution < 1.29 is 9.45 Å². The third-order valence-corrected chi connectivity index (χ3v) is 2.54. The Balaban J connectivity index is 2.49. The third kappa shape index (κ3) is 2.37. The third-order valence-electron chi connectivity index (χ3n) is 1.98. The second kappa shape index (κ2) is 4.68. The molecule has 0 aliphatic carbocycles. The van der Waals surface area contributed by atoms with E-state index in [1.807, 2.05) is 0 Å². The SMILES string of the molecule is O=[N+]([O-])c1ccc(Cl)c(-c2noc(CCl)n2)c1. The average Bonchev–Trinajstić information content (AvgIpc) is 2.77. The van der Waals surface area contributed by atoms with E-state index >= 15 is 0 Å². The van der Waals surface area contributed by atoms with Crippen LogP contribution in [-0.2, 0) is 5.88 Å². The van der Waals surface area contributed by atoms with E-state index in [0.29, 0.717) is 10.6 Å². The molecule has 8 heteroatoms. The number of aromatic nitrogens is 2. The largest absolute Gasteiger partial charge is 0.338 e. The van der Waals surface area contributed by atoms with E-state index in [0.717, 1.165) is 0 Å².